The third-order valence-electron chi connectivity index (χ3n) is 1.76. The molecule has 0 saturated heterocycles. The summed E-state index contributed by atoms with van der Waals surface area (Å²) in [4.78, 5) is 0. The molecule has 7 heteroatoms. The Labute approximate surface area is 94.8 Å². The molecule has 1 rings (SSSR count). The van der Waals surface area contributed by atoms with Crippen LogP contribution in [0, 0.1) is 6.92 Å². The first-order valence-electron chi connectivity index (χ1n) is 4.53. The highest BCUT2D eigenvalue weighted by molar-refractivity contribution is 6.54. The zero-order valence-electron chi connectivity index (χ0n) is 8.66. The highest BCUT2D eigenvalue weighted by atomic mass is 28.4. The van der Waals surface area contributed by atoms with Crippen molar-refractivity contribution in [3.8, 4) is 0 Å². The first-order chi connectivity index (χ1) is 6.83. The van der Waals surface area contributed by atoms with Gasteiger partial charge in [-0.2, -0.15) is 0 Å². The van der Waals surface area contributed by atoms with Crippen LogP contribution in [0.2, 0.25) is 0 Å². The molecule has 0 saturated carbocycles. The van der Waals surface area contributed by atoms with Crippen LogP contribution in [0.4, 0.5) is 0 Å². The minimum absolute atomic E-state index is 0.541. The number of hydrogen-bond acceptors (Lipinski definition) is 3. The second kappa shape index (κ2) is 7.28. The predicted octanol–water partition coefficient (Wildman–Crippen LogP) is -2.97. The van der Waals surface area contributed by atoms with E-state index < -0.39 is 29.8 Å². The van der Waals surface area contributed by atoms with E-state index in [4.69, 9.17) is 12.3 Å². The van der Waals surface area contributed by atoms with Crippen LogP contribution in [-0.4, -0.2) is 40.3 Å². The van der Waals surface area contributed by atoms with Crippen LogP contribution in [0.1, 0.15) is 5.56 Å². The Morgan fingerprint density at radius 2 is 1.79 bits per heavy atom. The van der Waals surface area contributed by atoms with Crippen molar-refractivity contribution in [2.24, 2.45) is 0 Å². The van der Waals surface area contributed by atoms with Crippen molar-refractivity contribution >= 4 is 45.4 Å². The summed E-state index contributed by atoms with van der Waals surface area (Å²) in [5.74, 6) is 0. The SMILES string of the molecule is Cc1ccc([SiH2]O[SiH2]O[SiH2]O[SiH3])cc1. The van der Waals surface area contributed by atoms with Crippen molar-refractivity contribution in [2.45, 2.75) is 6.92 Å². The van der Waals surface area contributed by atoms with E-state index in [1.807, 2.05) is 0 Å². The molecule has 0 spiro atoms. The zero-order chi connectivity index (χ0) is 10.2. The topological polar surface area (TPSA) is 27.7 Å². The Kier molecular flexibility index (Phi) is 6.26. The lowest BCUT2D eigenvalue weighted by molar-refractivity contribution is 0.441. The number of benzene rings is 1. The molecular formula is C7H16O3Si4. The third kappa shape index (κ3) is 5.00. The van der Waals surface area contributed by atoms with Crippen LogP contribution in [0.5, 0.6) is 0 Å². The molecule has 78 valence electrons. The Bertz CT molecular complexity index is 254. The quantitative estimate of drug-likeness (QED) is 0.404. The van der Waals surface area contributed by atoms with Gasteiger partial charge in [-0.3, -0.25) is 0 Å². The van der Waals surface area contributed by atoms with E-state index in [1.165, 1.54) is 10.8 Å². The van der Waals surface area contributed by atoms with E-state index in [1.54, 1.807) is 0 Å². The maximum atomic E-state index is 5.59. The molecule has 3 nitrogen and oxygen atoms in total. The fraction of sp³-hybridized carbons (Fsp3) is 0.143. The van der Waals surface area contributed by atoms with Crippen LogP contribution in [-0.2, 0) is 12.3 Å². The van der Waals surface area contributed by atoms with Gasteiger partial charge in [-0.1, -0.05) is 29.8 Å². The van der Waals surface area contributed by atoms with Gasteiger partial charge in [0.1, 0.15) is 10.5 Å². The summed E-state index contributed by atoms with van der Waals surface area (Å²) in [5, 5.41) is 1.35. The molecule has 1 aromatic rings. The van der Waals surface area contributed by atoms with Gasteiger partial charge in [0.25, 0.3) is 20.0 Å². The largest absolute Gasteiger partial charge is 0.449 e. The molecular weight excluding hydrogens is 244 g/mol. The molecule has 0 atom stereocenters. The molecule has 0 N–H and O–H groups in total. The molecule has 0 aromatic heterocycles. The molecule has 0 aliphatic carbocycles. The second-order valence-electron chi connectivity index (χ2n) is 3.06. The molecule has 0 aliphatic heterocycles. The Morgan fingerprint density at radius 1 is 1.07 bits per heavy atom. The molecule has 0 amide bonds. The van der Waals surface area contributed by atoms with Gasteiger partial charge < -0.3 is 12.3 Å². The van der Waals surface area contributed by atoms with Gasteiger partial charge in [-0.25, -0.2) is 0 Å². The van der Waals surface area contributed by atoms with E-state index in [9.17, 15) is 0 Å². The van der Waals surface area contributed by atoms with Gasteiger partial charge in [0.05, 0.1) is 0 Å². The van der Waals surface area contributed by atoms with Crippen LogP contribution >= 0.6 is 0 Å². The number of aryl methyl sites for hydroxylation is 1. The molecule has 1 aromatic carbocycles. The summed E-state index contributed by atoms with van der Waals surface area (Å²) in [7, 11) is -1.14. The monoisotopic (exact) mass is 260 g/mol. The van der Waals surface area contributed by atoms with Gasteiger partial charge in [0.2, 0.25) is 0 Å². The Morgan fingerprint density at radius 3 is 2.43 bits per heavy atom. The smallest absolute Gasteiger partial charge is 0.284 e. The molecule has 0 heterocycles. The van der Waals surface area contributed by atoms with E-state index in [0.29, 0.717) is 0 Å². The van der Waals surface area contributed by atoms with Gasteiger partial charge in [0.15, 0.2) is 9.76 Å². The van der Waals surface area contributed by atoms with Crippen molar-refractivity contribution in [1.29, 1.82) is 0 Å². The average molecular weight is 261 g/mol. The lowest BCUT2D eigenvalue weighted by Gasteiger charge is -2.04. The van der Waals surface area contributed by atoms with Crippen LogP contribution in [0.3, 0.4) is 0 Å². The molecule has 0 unspecified atom stereocenters. The van der Waals surface area contributed by atoms with Gasteiger partial charge in [-0.05, 0) is 12.1 Å². The summed E-state index contributed by atoms with van der Waals surface area (Å²) in [6.07, 6.45) is 0. The lowest BCUT2D eigenvalue weighted by Crippen LogP contribution is -2.21. The van der Waals surface area contributed by atoms with E-state index >= 15 is 0 Å². The normalized spacial score (nSPS) is 13.2. The van der Waals surface area contributed by atoms with E-state index in [0.717, 1.165) is 10.5 Å². The second-order valence-corrected chi connectivity index (χ2v) is 10.2. The lowest BCUT2D eigenvalue weighted by atomic mass is 10.2. The fourth-order valence-corrected chi connectivity index (χ4v) is 6.70. The summed E-state index contributed by atoms with van der Waals surface area (Å²) < 4.78 is 16.0. The minimum Gasteiger partial charge on any atom is -0.449 e. The van der Waals surface area contributed by atoms with E-state index in [-0.39, 0.29) is 0 Å². The maximum absolute atomic E-state index is 5.59. The molecule has 0 fully saturated rings. The number of hydrogen-bond donors (Lipinski definition) is 0. The molecule has 0 bridgehead atoms. The molecule has 0 aliphatic rings. The first-order valence-corrected chi connectivity index (χ1v) is 8.94. The van der Waals surface area contributed by atoms with Gasteiger partial charge >= 0.3 is 0 Å². The first kappa shape index (κ1) is 12.0. The fourth-order valence-electron chi connectivity index (χ4n) is 1.02. The van der Waals surface area contributed by atoms with Crippen LogP contribution in [0.15, 0.2) is 24.3 Å². The van der Waals surface area contributed by atoms with Crippen molar-refractivity contribution in [2.75, 3.05) is 0 Å². The maximum Gasteiger partial charge on any atom is 0.284 e. The predicted molar refractivity (Wildman–Crippen MR) is 69.6 cm³/mol. The van der Waals surface area contributed by atoms with E-state index in [2.05, 4.69) is 31.2 Å². The molecule has 0 radical (unpaired) electrons. The van der Waals surface area contributed by atoms with Crippen molar-refractivity contribution in [3.63, 3.8) is 0 Å². The van der Waals surface area contributed by atoms with Crippen molar-refractivity contribution in [3.05, 3.63) is 29.8 Å². The van der Waals surface area contributed by atoms with Crippen molar-refractivity contribution in [1.82, 2.24) is 0 Å². The average Bonchev–Trinajstić information content (AvgIpc) is 2.21. The van der Waals surface area contributed by atoms with Crippen molar-refractivity contribution < 1.29 is 12.3 Å². The molecule has 14 heavy (non-hydrogen) atoms. The summed E-state index contributed by atoms with van der Waals surface area (Å²) in [5.41, 5.74) is 1.30. The Balaban J connectivity index is 2.15. The zero-order valence-corrected chi connectivity index (χ0v) is 14.9. The highest BCUT2D eigenvalue weighted by Crippen LogP contribution is 1.91. The Hall–Kier alpha value is -0.0325. The standard InChI is InChI=1S/C7H16O3Si4/c1-6-2-4-7(5-3-6)12-9-14-10-13-8-11/h2-5H,12-14H2,1,11H3. The summed E-state index contributed by atoms with van der Waals surface area (Å²) in [6.45, 7) is 2.10. The van der Waals surface area contributed by atoms with Crippen LogP contribution in [0.25, 0.3) is 0 Å². The van der Waals surface area contributed by atoms with Crippen LogP contribution < -0.4 is 5.19 Å². The summed E-state index contributed by atoms with van der Waals surface area (Å²) >= 11 is 0. The highest BCUT2D eigenvalue weighted by Gasteiger charge is 1.94. The third-order valence-corrected chi connectivity index (χ3v) is 6.32. The minimum atomic E-state index is -0.733. The number of rotatable bonds is 6. The van der Waals surface area contributed by atoms with Gasteiger partial charge in [0, 0.05) is 0 Å². The van der Waals surface area contributed by atoms with Gasteiger partial charge in [-0.15, -0.1) is 0 Å². The summed E-state index contributed by atoms with van der Waals surface area (Å²) in [6, 6.07) is 8.56.